The molecule has 0 atom stereocenters. The van der Waals surface area contributed by atoms with Crippen LogP contribution < -0.4 is 10.6 Å². The topological polar surface area (TPSA) is 29.3 Å². The summed E-state index contributed by atoms with van der Waals surface area (Å²) < 4.78 is 13.5. The lowest BCUT2D eigenvalue weighted by Gasteiger charge is -2.39. The van der Waals surface area contributed by atoms with E-state index in [4.69, 9.17) is 5.73 Å². The average Bonchev–Trinajstić information content (AvgIpc) is 2.24. The van der Waals surface area contributed by atoms with Gasteiger partial charge in [-0.2, -0.15) is 0 Å². The summed E-state index contributed by atoms with van der Waals surface area (Å²) in [5, 5.41) is 0. The lowest BCUT2D eigenvalue weighted by molar-refractivity contribution is 0.234. The van der Waals surface area contributed by atoms with Crippen molar-refractivity contribution in [2.45, 2.75) is 31.2 Å². The van der Waals surface area contributed by atoms with Gasteiger partial charge in [-0.25, -0.2) is 4.39 Å². The normalized spacial score (nSPS) is 17.9. The Bertz CT molecular complexity index is 361. The van der Waals surface area contributed by atoms with E-state index in [-0.39, 0.29) is 11.4 Å². The van der Waals surface area contributed by atoms with Gasteiger partial charge in [0.2, 0.25) is 0 Å². The molecule has 0 bridgehead atoms. The van der Waals surface area contributed by atoms with Gasteiger partial charge in [-0.1, -0.05) is 12.1 Å². The number of nitrogens with two attached hydrogens (primary N) is 1. The first-order chi connectivity index (χ1) is 7.61. The molecule has 0 aliphatic heterocycles. The van der Waals surface area contributed by atoms with Crippen molar-refractivity contribution in [3.05, 3.63) is 30.1 Å². The van der Waals surface area contributed by atoms with Gasteiger partial charge in [0, 0.05) is 19.1 Å². The highest BCUT2D eigenvalue weighted by atomic mass is 19.1. The lowest BCUT2D eigenvalue weighted by Crippen LogP contribution is -2.48. The monoisotopic (exact) mass is 222 g/mol. The van der Waals surface area contributed by atoms with Crippen molar-refractivity contribution in [2.24, 2.45) is 5.73 Å². The highest BCUT2D eigenvalue weighted by molar-refractivity contribution is 5.46. The van der Waals surface area contributed by atoms with Crippen molar-refractivity contribution >= 4 is 5.69 Å². The van der Waals surface area contributed by atoms with Crippen LogP contribution in [-0.4, -0.2) is 19.1 Å². The number of anilines is 1. The number of rotatable bonds is 4. The highest BCUT2D eigenvalue weighted by Crippen LogP contribution is 2.32. The maximum Gasteiger partial charge on any atom is 0.146 e. The molecule has 0 radical (unpaired) electrons. The number of halogens is 1. The molecule has 0 saturated heterocycles. The zero-order valence-electron chi connectivity index (χ0n) is 9.75. The van der Waals surface area contributed by atoms with Crippen LogP contribution in [0.4, 0.5) is 10.1 Å². The quantitative estimate of drug-likeness (QED) is 0.848. The molecule has 88 valence electrons. The van der Waals surface area contributed by atoms with Crippen molar-refractivity contribution < 1.29 is 4.39 Å². The summed E-state index contributed by atoms with van der Waals surface area (Å²) in [6.07, 6.45) is 4.40. The van der Waals surface area contributed by atoms with E-state index >= 15 is 0 Å². The van der Waals surface area contributed by atoms with Gasteiger partial charge in [0.05, 0.1) is 5.69 Å². The Kier molecular flexibility index (Phi) is 3.15. The molecule has 2 nitrogen and oxygen atoms in total. The SMILES string of the molecule is CN(CCC1(N)CCC1)c1ccccc1F. The van der Waals surface area contributed by atoms with Gasteiger partial charge in [0.15, 0.2) is 0 Å². The Morgan fingerprint density at radius 2 is 2.06 bits per heavy atom. The van der Waals surface area contributed by atoms with E-state index in [1.54, 1.807) is 12.1 Å². The molecule has 1 fully saturated rings. The molecule has 2 N–H and O–H groups in total. The first-order valence-electron chi connectivity index (χ1n) is 5.85. The van der Waals surface area contributed by atoms with E-state index in [1.165, 1.54) is 12.5 Å². The molecule has 1 aromatic rings. The van der Waals surface area contributed by atoms with Crippen LogP contribution in [0.3, 0.4) is 0 Å². The fraction of sp³-hybridized carbons (Fsp3) is 0.538. The second kappa shape index (κ2) is 4.42. The molecular weight excluding hydrogens is 203 g/mol. The van der Waals surface area contributed by atoms with Gasteiger partial charge in [-0.05, 0) is 37.8 Å². The van der Waals surface area contributed by atoms with Crippen LogP contribution in [0, 0.1) is 5.82 Å². The van der Waals surface area contributed by atoms with E-state index in [0.29, 0.717) is 5.69 Å². The smallest absolute Gasteiger partial charge is 0.146 e. The predicted octanol–water partition coefficient (Wildman–Crippen LogP) is 2.53. The third-order valence-electron chi connectivity index (χ3n) is 3.56. The van der Waals surface area contributed by atoms with E-state index < -0.39 is 0 Å². The Labute approximate surface area is 96.2 Å². The van der Waals surface area contributed by atoms with Crippen LogP contribution in [0.1, 0.15) is 25.7 Å². The number of hydrogen-bond donors (Lipinski definition) is 1. The minimum atomic E-state index is -0.162. The van der Waals surface area contributed by atoms with Crippen molar-refractivity contribution in [1.29, 1.82) is 0 Å². The molecule has 0 unspecified atom stereocenters. The van der Waals surface area contributed by atoms with Gasteiger partial charge >= 0.3 is 0 Å². The molecule has 0 heterocycles. The van der Waals surface area contributed by atoms with Crippen molar-refractivity contribution in [3.8, 4) is 0 Å². The molecule has 3 heteroatoms. The molecule has 1 aliphatic rings. The van der Waals surface area contributed by atoms with Crippen LogP contribution in [0.15, 0.2) is 24.3 Å². The molecule has 1 saturated carbocycles. The standard InChI is InChI=1S/C13H19FN2/c1-16(10-9-13(15)7-4-8-13)12-6-3-2-5-11(12)14/h2-3,5-6H,4,7-10,15H2,1H3. The zero-order valence-corrected chi connectivity index (χ0v) is 9.75. The van der Waals surface area contributed by atoms with Crippen molar-refractivity contribution in [2.75, 3.05) is 18.5 Å². The third kappa shape index (κ3) is 2.35. The van der Waals surface area contributed by atoms with E-state index in [0.717, 1.165) is 25.8 Å². The second-order valence-electron chi connectivity index (χ2n) is 4.84. The van der Waals surface area contributed by atoms with E-state index in [9.17, 15) is 4.39 Å². The maximum atomic E-state index is 13.5. The summed E-state index contributed by atoms with van der Waals surface area (Å²) in [6.45, 7) is 0.817. The Morgan fingerprint density at radius 1 is 1.38 bits per heavy atom. The van der Waals surface area contributed by atoms with Crippen LogP contribution >= 0.6 is 0 Å². The molecule has 2 rings (SSSR count). The maximum absolute atomic E-state index is 13.5. The van der Waals surface area contributed by atoms with Crippen LogP contribution in [0.5, 0.6) is 0 Å². The summed E-state index contributed by atoms with van der Waals surface area (Å²) in [6, 6.07) is 6.87. The van der Waals surface area contributed by atoms with Gasteiger partial charge in [-0.3, -0.25) is 0 Å². The lowest BCUT2D eigenvalue weighted by atomic mass is 9.75. The van der Waals surface area contributed by atoms with Crippen LogP contribution in [-0.2, 0) is 0 Å². The summed E-state index contributed by atoms with van der Waals surface area (Å²) in [5.74, 6) is -0.162. The minimum absolute atomic E-state index is 0.0134. The molecule has 1 aromatic carbocycles. The molecular formula is C13H19FN2. The minimum Gasteiger partial charge on any atom is -0.372 e. The summed E-state index contributed by atoms with van der Waals surface area (Å²) in [5.41, 5.74) is 6.82. The molecule has 0 amide bonds. The van der Waals surface area contributed by atoms with Gasteiger partial charge < -0.3 is 10.6 Å². The molecule has 0 aromatic heterocycles. The molecule has 1 aliphatic carbocycles. The zero-order chi connectivity index (χ0) is 11.6. The fourth-order valence-corrected chi connectivity index (χ4v) is 2.15. The van der Waals surface area contributed by atoms with Gasteiger partial charge in [0.1, 0.15) is 5.82 Å². The Morgan fingerprint density at radius 3 is 2.62 bits per heavy atom. The number of hydrogen-bond acceptors (Lipinski definition) is 2. The first-order valence-corrected chi connectivity index (χ1v) is 5.85. The fourth-order valence-electron chi connectivity index (χ4n) is 2.15. The number of benzene rings is 1. The van der Waals surface area contributed by atoms with Crippen molar-refractivity contribution in [1.82, 2.24) is 0 Å². The van der Waals surface area contributed by atoms with Crippen LogP contribution in [0.2, 0.25) is 0 Å². The van der Waals surface area contributed by atoms with Crippen molar-refractivity contribution in [3.63, 3.8) is 0 Å². The second-order valence-corrected chi connectivity index (χ2v) is 4.84. The molecule has 0 spiro atoms. The predicted molar refractivity (Wildman–Crippen MR) is 65.1 cm³/mol. The number of nitrogens with zero attached hydrogens (tertiary/aromatic N) is 1. The van der Waals surface area contributed by atoms with Gasteiger partial charge in [0.25, 0.3) is 0 Å². The number of para-hydroxylation sites is 1. The summed E-state index contributed by atoms with van der Waals surface area (Å²) in [4.78, 5) is 1.95. The first kappa shape index (κ1) is 11.4. The Hall–Kier alpha value is -1.09. The van der Waals surface area contributed by atoms with E-state index in [1.807, 2.05) is 18.0 Å². The highest BCUT2D eigenvalue weighted by Gasteiger charge is 2.32. The van der Waals surface area contributed by atoms with Gasteiger partial charge in [-0.15, -0.1) is 0 Å². The third-order valence-corrected chi connectivity index (χ3v) is 3.56. The van der Waals surface area contributed by atoms with E-state index in [2.05, 4.69) is 0 Å². The average molecular weight is 222 g/mol. The largest absolute Gasteiger partial charge is 0.372 e. The van der Waals surface area contributed by atoms with Crippen LogP contribution in [0.25, 0.3) is 0 Å². The summed E-state index contributed by atoms with van der Waals surface area (Å²) in [7, 11) is 1.92. The Balaban J connectivity index is 1.93. The molecule has 16 heavy (non-hydrogen) atoms. The summed E-state index contributed by atoms with van der Waals surface area (Å²) >= 11 is 0.